The molecular weight excluding hydrogens is 655 g/mol. The first-order chi connectivity index (χ1) is 26.6. The minimum Gasteiger partial charge on any atom is -0.296 e. The molecule has 10 heteroatoms. The van der Waals surface area contributed by atoms with Gasteiger partial charge in [0.05, 0.1) is 16.7 Å². The van der Waals surface area contributed by atoms with Crippen LogP contribution in [-0.2, 0) is 6.42 Å². The maximum atomic E-state index is 7.16. The lowest BCUT2D eigenvalue weighted by Gasteiger charge is -2.29. The zero-order valence-electron chi connectivity index (χ0n) is 30.0. The lowest BCUT2D eigenvalue weighted by atomic mass is 9.59. The summed E-state index contributed by atoms with van der Waals surface area (Å²) in [5.41, 5.74) is 11.9. The molecule has 1 aliphatic rings. The second-order valence-corrected chi connectivity index (χ2v) is 14.2. The molecule has 0 atom stereocenters. The molecule has 10 rings (SSSR count). The van der Waals surface area contributed by atoms with Crippen LogP contribution in [0.25, 0.3) is 93.5 Å². The van der Waals surface area contributed by atoms with Crippen LogP contribution in [0.1, 0.15) is 12.7 Å². The van der Waals surface area contributed by atoms with Gasteiger partial charge in [-0.25, -0.2) is 4.98 Å². The van der Waals surface area contributed by atoms with Gasteiger partial charge in [0.1, 0.15) is 68.6 Å². The SMILES string of the molecule is [B]c1c([B])c([B])c2c(-c3ccc4c5c(cccc35)-c3ccccc3-4)c3c([B])c([B])c([B])c([B])c3c(-c3ccccc3-n3c(CC)nc4ccccc43)c2c1[B]. The van der Waals surface area contributed by atoms with Crippen LogP contribution in [0.5, 0.6) is 0 Å². The van der Waals surface area contributed by atoms with Crippen LogP contribution in [0.2, 0.25) is 0 Å². The van der Waals surface area contributed by atoms with Crippen molar-refractivity contribution in [1.29, 1.82) is 0 Å². The Hall–Kier alpha value is -5.47. The highest BCUT2D eigenvalue weighted by molar-refractivity contribution is 6.71. The molecule has 9 aromatic rings. The molecule has 0 unspecified atom stereocenters. The van der Waals surface area contributed by atoms with Crippen LogP contribution in [-0.4, -0.2) is 72.3 Å². The molecule has 1 aliphatic carbocycles. The summed E-state index contributed by atoms with van der Waals surface area (Å²) in [6.07, 6.45) is 0.676. The zero-order valence-corrected chi connectivity index (χ0v) is 30.0. The normalized spacial score (nSPS) is 12.0. The summed E-state index contributed by atoms with van der Waals surface area (Å²) in [6, 6.07) is 35.1. The molecule has 55 heavy (non-hydrogen) atoms. The van der Waals surface area contributed by atoms with Gasteiger partial charge in [0.15, 0.2) is 0 Å². The summed E-state index contributed by atoms with van der Waals surface area (Å²) in [5.74, 6) is 0.875. The molecule has 0 spiro atoms. The number of imidazole rings is 1. The number of aromatic nitrogens is 2. The summed E-state index contributed by atoms with van der Waals surface area (Å²) in [5, 5.41) is 4.41. The Morgan fingerprint density at radius 2 is 0.873 bits per heavy atom. The maximum absolute atomic E-state index is 7.16. The highest BCUT2D eigenvalue weighted by atomic mass is 15.1. The number of hydrogen-bond acceptors (Lipinski definition) is 1. The molecule has 0 N–H and O–H groups in total. The average Bonchev–Trinajstić information content (AvgIpc) is 3.76. The minimum absolute atomic E-state index is 0.169. The quantitative estimate of drug-likeness (QED) is 0.207. The summed E-state index contributed by atoms with van der Waals surface area (Å²) in [4.78, 5) is 5.00. The van der Waals surface area contributed by atoms with E-state index in [0.717, 1.165) is 55.6 Å². The van der Waals surface area contributed by atoms with Crippen molar-refractivity contribution in [3.8, 4) is 50.2 Å². The predicted molar refractivity (Wildman–Crippen MR) is 241 cm³/mol. The van der Waals surface area contributed by atoms with Gasteiger partial charge in [-0.1, -0.05) is 114 Å². The van der Waals surface area contributed by atoms with Crippen LogP contribution in [0, 0.1) is 0 Å². The second kappa shape index (κ2) is 12.3. The third kappa shape index (κ3) is 4.52. The molecule has 1 aromatic heterocycles. The van der Waals surface area contributed by atoms with E-state index in [4.69, 9.17) is 67.8 Å². The number of para-hydroxylation sites is 3. The Balaban J connectivity index is 1.46. The van der Waals surface area contributed by atoms with E-state index in [2.05, 4.69) is 78.2 Å². The molecule has 0 aliphatic heterocycles. The van der Waals surface area contributed by atoms with Gasteiger partial charge in [-0.2, -0.15) is 0 Å². The van der Waals surface area contributed by atoms with E-state index < -0.39 is 0 Å². The van der Waals surface area contributed by atoms with Gasteiger partial charge < -0.3 is 0 Å². The van der Waals surface area contributed by atoms with Gasteiger partial charge in [-0.05, 0) is 89.5 Å². The van der Waals surface area contributed by atoms with Gasteiger partial charge in [-0.15, -0.1) is 21.9 Å². The van der Waals surface area contributed by atoms with Gasteiger partial charge >= 0.3 is 0 Å². The maximum Gasteiger partial charge on any atom is 0.114 e. The van der Waals surface area contributed by atoms with Crippen molar-refractivity contribution in [1.82, 2.24) is 9.55 Å². The first-order valence-electron chi connectivity index (χ1n) is 18.1. The Morgan fingerprint density at radius 3 is 1.45 bits per heavy atom. The molecule has 0 fully saturated rings. The predicted octanol–water partition coefficient (Wildman–Crippen LogP) is 2.38. The summed E-state index contributed by atoms with van der Waals surface area (Å²) in [6.45, 7) is 2.08. The third-order valence-electron chi connectivity index (χ3n) is 11.5. The van der Waals surface area contributed by atoms with Crippen LogP contribution in [0.3, 0.4) is 0 Å². The van der Waals surface area contributed by atoms with Crippen molar-refractivity contribution >= 4 is 150 Å². The summed E-state index contributed by atoms with van der Waals surface area (Å²) in [7, 11) is 55.6. The summed E-state index contributed by atoms with van der Waals surface area (Å²) < 4.78 is 2.16. The fourth-order valence-corrected chi connectivity index (χ4v) is 8.97. The van der Waals surface area contributed by atoms with Gasteiger partial charge in [0, 0.05) is 12.0 Å². The fraction of sp³-hybridized carbons (Fsp3) is 0.0444. The Morgan fingerprint density at radius 1 is 0.418 bits per heavy atom. The number of aryl methyl sites for hydroxylation is 1. The fourth-order valence-electron chi connectivity index (χ4n) is 8.97. The van der Waals surface area contributed by atoms with Crippen molar-refractivity contribution in [2.45, 2.75) is 13.3 Å². The molecule has 8 aromatic carbocycles. The van der Waals surface area contributed by atoms with Gasteiger partial charge in [-0.3, -0.25) is 4.57 Å². The van der Waals surface area contributed by atoms with Crippen molar-refractivity contribution in [2.24, 2.45) is 0 Å². The van der Waals surface area contributed by atoms with Crippen molar-refractivity contribution in [2.75, 3.05) is 0 Å². The first-order valence-corrected chi connectivity index (χ1v) is 18.1. The third-order valence-corrected chi connectivity index (χ3v) is 11.5. The van der Waals surface area contributed by atoms with E-state index >= 15 is 0 Å². The molecule has 0 bridgehead atoms. The standard InChI is InChI=1S/C45H22B8N2/c1-2-30-54-27-15-6-8-17-29(27)55(30)28-16-7-5-12-26(28)33-36-34(38(46)42(50)44(52)40(36)48)32(35-37(33)41(49)45(53)43(51)39(35)47)25-19-18-24-21-11-4-3-10-20(21)22-13-9-14-23(25)31(22)24/h3-19H,2H2,1H3. The van der Waals surface area contributed by atoms with E-state index in [1.54, 1.807) is 0 Å². The van der Waals surface area contributed by atoms with E-state index in [9.17, 15) is 0 Å². The molecule has 16 radical (unpaired) electrons. The smallest absolute Gasteiger partial charge is 0.114 e. The second-order valence-electron chi connectivity index (χ2n) is 14.2. The minimum atomic E-state index is 0.169. The Bertz CT molecular complexity index is 3070. The largest absolute Gasteiger partial charge is 0.296 e. The van der Waals surface area contributed by atoms with Gasteiger partial charge in [0.25, 0.3) is 0 Å². The molecule has 0 saturated carbocycles. The number of hydrogen-bond donors (Lipinski definition) is 0. The number of benzene rings is 8. The van der Waals surface area contributed by atoms with E-state index in [0.29, 0.717) is 39.1 Å². The summed E-state index contributed by atoms with van der Waals surface area (Å²) >= 11 is 0. The van der Waals surface area contributed by atoms with E-state index in [-0.39, 0.29) is 43.7 Å². The monoisotopic (exact) mass is 678 g/mol. The molecule has 1 heterocycles. The van der Waals surface area contributed by atoms with E-state index in [1.807, 2.05) is 36.4 Å². The lowest BCUT2D eigenvalue weighted by Crippen LogP contribution is -2.50. The molecule has 2 nitrogen and oxygen atoms in total. The topological polar surface area (TPSA) is 17.8 Å². The molecule has 0 amide bonds. The zero-order chi connectivity index (χ0) is 38.0. The van der Waals surface area contributed by atoms with Crippen molar-refractivity contribution < 1.29 is 0 Å². The Labute approximate surface area is 330 Å². The van der Waals surface area contributed by atoms with Crippen LogP contribution in [0.15, 0.2) is 103 Å². The van der Waals surface area contributed by atoms with Crippen molar-refractivity contribution in [3.63, 3.8) is 0 Å². The van der Waals surface area contributed by atoms with Gasteiger partial charge in [0.2, 0.25) is 0 Å². The highest BCUT2D eigenvalue weighted by Crippen LogP contribution is 2.51. The highest BCUT2D eigenvalue weighted by Gasteiger charge is 2.29. The lowest BCUT2D eigenvalue weighted by molar-refractivity contribution is 0.909. The Kier molecular flexibility index (Phi) is 7.60. The van der Waals surface area contributed by atoms with Crippen LogP contribution < -0.4 is 43.7 Å². The number of rotatable bonds is 4. The van der Waals surface area contributed by atoms with Crippen LogP contribution >= 0.6 is 0 Å². The first kappa shape index (κ1) is 34.1. The van der Waals surface area contributed by atoms with Crippen molar-refractivity contribution in [3.05, 3.63) is 109 Å². The van der Waals surface area contributed by atoms with Crippen LogP contribution in [0.4, 0.5) is 0 Å². The van der Waals surface area contributed by atoms with E-state index in [1.165, 1.54) is 11.1 Å². The molecule has 0 saturated heterocycles. The molecular formula is C45H22B8N2. The molecule has 236 valence electrons. The number of nitrogens with zero attached hydrogens (tertiary/aromatic N) is 2. The number of fused-ring (bicyclic) bond motifs is 6. The average molecular weight is 677 g/mol.